The summed E-state index contributed by atoms with van der Waals surface area (Å²) in [5.74, 6) is 1.43. The van der Waals surface area contributed by atoms with Gasteiger partial charge in [0.2, 0.25) is 5.91 Å². The zero-order chi connectivity index (χ0) is 17.6. The predicted molar refractivity (Wildman–Crippen MR) is 112 cm³/mol. The van der Waals surface area contributed by atoms with E-state index in [9.17, 15) is 9.59 Å². The van der Waals surface area contributed by atoms with Gasteiger partial charge in [0.15, 0.2) is 5.96 Å². The minimum atomic E-state index is -0.308. The molecule has 0 aromatic carbocycles. The van der Waals surface area contributed by atoms with Gasteiger partial charge in [-0.2, -0.15) is 0 Å². The average molecular weight is 478 g/mol. The lowest BCUT2D eigenvalue weighted by Gasteiger charge is -2.23. The number of amides is 3. The van der Waals surface area contributed by atoms with Gasteiger partial charge in [0.25, 0.3) is 0 Å². The Morgan fingerprint density at radius 2 is 2.04 bits per heavy atom. The van der Waals surface area contributed by atoms with Crippen molar-refractivity contribution in [1.29, 1.82) is 0 Å². The number of nitrogens with zero attached hydrogens (tertiary/aromatic N) is 4. The Bertz CT molecular complexity index is 507. The predicted octanol–water partition coefficient (Wildman–Crippen LogP) is 0.539. The molecule has 0 saturated carbocycles. The molecule has 2 N–H and O–H groups in total. The van der Waals surface area contributed by atoms with Gasteiger partial charge in [-0.05, 0) is 45.2 Å². The molecule has 3 aliphatic heterocycles. The summed E-state index contributed by atoms with van der Waals surface area (Å²) in [6.45, 7) is 9.50. The molecule has 1 unspecified atom stereocenters. The van der Waals surface area contributed by atoms with E-state index in [2.05, 4.69) is 32.3 Å². The number of hydrogen-bond acceptors (Lipinski definition) is 4. The number of carbonyl (C=O) groups is 2. The van der Waals surface area contributed by atoms with Crippen molar-refractivity contribution in [2.45, 2.75) is 26.2 Å². The first-order chi connectivity index (χ1) is 12.2. The van der Waals surface area contributed by atoms with Crippen molar-refractivity contribution in [3.05, 3.63) is 0 Å². The van der Waals surface area contributed by atoms with E-state index >= 15 is 0 Å². The topological polar surface area (TPSA) is 80.3 Å². The summed E-state index contributed by atoms with van der Waals surface area (Å²) in [5, 5.41) is 5.88. The highest BCUT2D eigenvalue weighted by Gasteiger charge is 2.29. The van der Waals surface area contributed by atoms with Crippen LogP contribution in [0, 0.1) is 5.92 Å². The molecule has 1 atom stereocenters. The number of urea groups is 1. The number of rotatable bonds is 6. The second kappa shape index (κ2) is 10.3. The molecule has 0 aromatic heterocycles. The molecule has 0 bridgehead atoms. The van der Waals surface area contributed by atoms with E-state index in [0.717, 1.165) is 25.6 Å². The van der Waals surface area contributed by atoms with Gasteiger partial charge < -0.3 is 20.4 Å². The third-order valence-electron chi connectivity index (χ3n) is 5.16. The van der Waals surface area contributed by atoms with Crippen LogP contribution in [0.1, 0.15) is 26.2 Å². The van der Waals surface area contributed by atoms with E-state index < -0.39 is 0 Å². The second-order valence-corrected chi connectivity index (χ2v) is 7.05. The molecule has 3 aliphatic rings. The fourth-order valence-corrected chi connectivity index (χ4v) is 3.87. The maximum Gasteiger partial charge on any atom is 0.324 e. The van der Waals surface area contributed by atoms with Gasteiger partial charge >= 0.3 is 6.03 Å². The lowest BCUT2D eigenvalue weighted by atomic mass is 10.1. The zero-order valence-electron chi connectivity index (χ0n) is 15.6. The van der Waals surface area contributed by atoms with E-state index in [1.165, 1.54) is 43.8 Å². The number of likely N-dealkylation sites (tertiary alicyclic amines) is 2. The van der Waals surface area contributed by atoms with E-state index in [4.69, 9.17) is 0 Å². The van der Waals surface area contributed by atoms with E-state index in [1.807, 2.05) is 0 Å². The van der Waals surface area contributed by atoms with Crippen molar-refractivity contribution in [1.82, 2.24) is 25.3 Å². The Hall–Kier alpha value is -1.10. The maximum atomic E-state index is 11.6. The Labute approximate surface area is 172 Å². The third-order valence-corrected chi connectivity index (χ3v) is 5.16. The molecule has 9 heteroatoms. The van der Waals surface area contributed by atoms with Crippen LogP contribution in [0.25, 0.3) is 0 Å². The van der Waals surface area contributed by atoms with Gasteiger partial charge in [-0.25, -0.2) is 4.79 Å². The summed E-state index contributed by atoms with van der Waals surface area (Å²) in [4.78, 5) is 34.0. The number of guanidine groups is 1. The minimum absolute atomic E-state index is 0. The van der Waals surface area contributed by atoms with Gasteiger partial charge in [-0.1, -0.05) is 0 Å². The monoisotopic (exact) mass is 478 g/mol. The molecule has 3 amide bonds. The lowest BCUT2D eigenvalue weighted by molar-refractivity contribution is -0.124. The second-order valence-electron chi connectivity index (χ2n) is 7.05. The summed E-state index contributed by atoms with van der Waals surface area (Å²) in [6, 6.07) is -0.308. The van der Waals surface area contributed by atoms with Crippen LogP contribution in [0.4, 0.5) is 4.79 Å². The Morgan fingerprint density at radius 3 is 2.69 bits per heavy atom. The molecule has 0 aromatic rings. The third kappa shape index (κ3) is 5.45. The van der Waals surface area contributed by atoms with Crippen molar-refractivity contribution >= 4 is 41.9 Å². The fraction of sp³-hybridized carbons (Fsp3) is 0.824. The number of nitrogens with one attached hydrogen (secondary N) is 2. The van der Waals surface area contributed by atoms with E-state index in [-0.39, 0.29) is 42.5 Å². The summed E-state index contributed by atoms with van der Waals surface area (Å²) in [6.07, 6.45) is 3.88. The van der Waals surface area contributed by atoms with Gasteiger partial charge in [0.1, 0.15) is 0 Å². The van der Waals surface area contributed by atoms with Crippen LogP contribution >= 0.6 is 24.0 Å². The van der Waals surface area contributed by atoms with Crippen LogP contribution in [0.5, 0.6) is 0 Å². The Kier molecular flexibility index (Phi) is 8.39. The zero-order valence-corrected chi connectivity index (χ0v) is 17.9. The number of imide groups is 1. The highest BCUT2D eigenvalue weighted by Crippen LogP contribution is 2.20. The Morgan fingerprint density at radius 1 is 1.27 bits per heavy atom. The fourth-order valence-electron chi connectivity index (χ4n) is 3.87. The average Bonchev–Trinajstić information content (AvgIpc) is 3.33. The van der Waals surface area contributed by atoms with Crippen molar-refractivity contribution in [3.8, 4) is 0 Å². The van der Waals surface area contributed by atoms with Crippen molar-refractivity contribution < 1.29 is 9.59 Å². The molecule has 3 fully saturated rings. The summed E-state index contributed by atoms with van der Waals surface area (Å²) < 4.78 is 0. The molecule has 26 heavy (non-hydrogen) atoms. The van der Waals surface area contributed by atoms with Gasteiger partial charge in [-0.15, -0.1) is 24.0 Å². The first-order valence-electron chi connectivity index (χ1n) is 9.51. The first kappa shape index (κ1) is 21.2. The summed E-state index contributed by atoms with van der Waals surface area (Å²) in [7, 11) is 0. The molecular formula is C17H31IN6O2. The Balaban J connectivity index is 0.00000243. The molecule has 0 radical (unpaired) electrons. The van der Waals surface area contributed by atoms with Gasteiger partial charge in [0, 0.05) is 26.2 Å². The number of hydrogen-bond donors (Lipinski definition) is 2. The standard InChI is InChI=1S/C17H30N6O2.HI/c1-2-18-16(19-6-10-23-15(24)11-20-17(23)25)22-9-5-14(13-22)12-21-7-3-4-8-21;/h14H,2-13H2,1H3,(H,18,19)(H,20,25);1H. The van der Waals surface area contributed by atoms with Crippen LogP contribution in [0.15, 0.2) is 4.99 Å². The molecular weight excluding hydrogens is 447 g/mol. The number of aliphatic imine (C=N–C) groups is 1. The van der Waals surface area contributed by atoms with Crippen LogP contribution in [0.3, 0.4) is 0 Å². The van der Waals surface area contributed by atoms with Crippen molar-refractivity contribution in [2.24, 2.45) is 10.9 Å². The van der Waals surface area contributed by atoms with Crippen molar-refractivity contribution in [3.63, 3.8) is 0 Å². The summed E-state index contributed by atoms with van der Waals surface area (Å²) >= 11 is 0. The van der Waals surface area contributed by atoms with Crippen LogP contribution in [-0.4, -0.2) is 91.5 Å². The molecule has 3 rings (SSSR count). The maximum absolute atomic E-state index is 11.6. The number of halogens is 1. The minimum Gasteiger partial charge on any atom is -0.357 e. The molecule has 3 heterocycles. The molecule has 3 saturated heterocycles. The van der Waals surface area contributed by atoms with Crippen LogP contribution < -0.4 is 10.6 Å². The van der Waals surface area contributed by atoms with Crippen molar-refractivity contribution in [2.75, 3.05) is 58.9 Å². The van der Waals surface area contributed by atoms with Gasteiger partial charge in [-0.3, -0.25) is 14.7 Å². The highest BCUT2D eigenvalue weighted by molar-refractivity contribution is 14.0. The van der Waals surface area contributed by atoms with E-state index in [1.54, 1.807) is 0 Å². The largest absolute Gasteiger partial charge is 0.357 e. The van der Waals surface area contributed by atoms with Gasteiger partial charge in [0.05, 0.1) is 19.6 Å². The normalized spacial score (nSPS) is 24.2. The molecule has 8 nitrogen and oxygen atoms in total. The first-order valence-corrected chi connectivity index (χ1v) is 9.51. The molecule has 148 valence electrons. The molecule has 0 spiro atoms. The highest BCUT2D eigenvalue weighted by atomic mass is 127. The number of carbonyl (C=O) groups excluding carboxylic acids is 2. The quantitative estimate of drug-likeness (QED) is 0.252. The SMILES string of the molecule is CCNC(=NCCN1C(=O)CNC1=O)N1CCC(CN2CCCC2)C1.I. The smallest absolute Gasteiger partial charge is 0.324 e. The lowest BCUT2D eigenvalue weighted by Crippen LogP contribution is -2.41. The van der Waals surface area contributed by atoms with Crippen LogP contribution in [0.2, 0.25) is 0 Å². The van der Waals surface area contributed by atoms with Crippen LogP contribution in [-0.2, 0) is 4.79 Å². The molecule has 0 aliphatic carbocycles. The summed E-state index contributed by atoms with van der Waals surface area (Å²) in [5.41, 5.74) is 0. The van der Waals surface area contributed by atoms with E-state index in [0.29, 0.717) is 19.0 Å².